The molecule has 1 aromatic heterocycles. The van der Waals surface area contributed by atoms with Gasteiger partial charge in [0.25, 0.3) is 0 Å². The predicted molar refractivity (Wildman–Crippen MR) is 109 cm³/mol. The quantitative estimate of drug-likeness (QED) is 0.681. The molecule has 0 unspecified atom stereocenters. The number of amides is 1. The zero-order valence-corrected chi connectivity index (χ0v) is 16.2. The number of hydrogen-bond donors (Lipinski definition) is 1. The Morgan fingerprint density at radius 3 is 2.64 bits per heavy atom. The standard InChI is InChI=1S/C22H24N4O2/c1-15(2)16-9-11-17(12-10-16)22-24-20(28-25-22)14-23-18-6-3-4-7-19(18)26-13-5-8-21(26)27/h3-4,6-7,9-12,15,23H,5,8,13-14H2,1-2H3. The lowest BCUT2D eigenvalue weighted by atomic mass is 10.0. The van der Waals surface area contributed by atoms with Crippen molar-refractivity contribution in [1.29, 1.82) is 0 Å². The Labute approximate surface area is 164 Å². The Hall–Kier alpha value is -3.15. The van der Waals surface area contributed by atoms with Gasteiger partial charge < -0.3 is 14.7 Å². The van der Waals surface area contributed by atoms with Gasteiger partial charge in [-0.3, -0.25) is 4.79 Å². The second-order valence-corrected chi connectivity index (χ2v) is 7.31. The van der Waals surface area contributed by atoms with E-state index in [1.807, 2.05) is 41.3 Å². The number of aromatic nitrogens is 2. The molecule has 0 spiro atoms. The Bertz CT molecular complexity index is 963. The summed E-state index contributed by atoms with van der Waals surface area (Å²) in [6.45, 7) is 5.49. The van der Waals surface area contributed by atoms with Crippen molar-refractivity contribution in [2.24, 2.45) is 0 Å². The van der Waals surface area contributed by atoms with Gasteiger partial charge in [0.05, 0.1) is 17.9 Å². The maximum atomic E-state index is 12.1. The number of carbonyl (C=O) groups excluding carboxylic acids is 1. The molecule has 1 amide bonds. The SMILES string of the molecule is CC(C)c1ccc(-c2noc(CNc3ccccc3N3CCCC3=O)n2)cc1. The van der Waals surface area contributed by atoms with E-state index in [0.717, 1.165) is 29.9 Å². The van der Waals surface area contributed by atoms with Crippen LogP contribution in [0.2, 0.25) is 0 Å². The second-order valence-electron chi connectivity index (χ2n) is 7.31. The zero-order valence-electron chi connectivity index (χ0n) is 16.2. The third-order valence-electron chi connectivity index (χ3n) is 5.00. The molecule has 2 aromatic carbocycles. The topological polar surface area (TPSA) is 71.3 Å². The van der Waals surface area contributed by atoms with Crippen molar-refractivity contribution in [2.75, 3.05) is 16.8 Å². The largest absolute Gasteiger partial charge is 0.374 e. The van der Waals surface area contributed by atoms with Crippen LogP contribution in [0.1, 0.15) is 44.1 Å². The number of nitrogens with one attached hydrogen (secondary N) is 1. The molecule has 1 aliphatic rings. The van der Waals surface area contributed by atoms with Gasteiger partial charge in [0.15, 0.2) is 0 Å². The van der Waals surface area contributed by atoms with Gasteiger partial charge in [-0.1, -0.05) is 55.4 Å². The van der Waals surface area contributed by atoms with Crippen molar-refractivity contribution in [2.45, 2.75) is 39.2 Å². The molecule has 6 heteroatoms. The van der Waals surface area contributed by atoms with E-state index in [1.54, 1.807) is 0 Å². The maximum Gasteiger partial charge on any atom is 0.246 e. The van der Waals surface area contributed by atoms with Gasteiger partial charge >= 0.3 is 0 Å². The molecule has 1 fully saturated rings. The van der Waals surface area contributed by atoms with E-state index in [-0.39, 0.29) is 5.91 Å². The van der Waals surface area contributed by atoms with Crippen LogP contribution in [-0.4, -0.2) is 22.6 Å². The predicted octanol–water partition coefficient (Wildman–Crippen LogP) is 4.60. The highest BCUT2D eigenvalue weighted by Crippen LogP contribution is 2.29. The Morgan fingerprint density at radius 2 is 1.93 bits per heavy atom. The molecule has 0 bridgehead atoms. The first-order valence-corrected chi connectivity index (χ1v) is 9.68. The van der Waals surface area contributed by atoms with E-state index in [2.05, 4.69) is 41.4 Å². The number of anilines is 2. The summed E-state index contributed by atoms with van der Waals surface area (Å²) < 4.78 is 5.40. The van der Waals surface area contributed by atoms with Gasteiger partial charge in [-0.05, 0) is 30.0 Å². The molecule has 0 aliphatic carbocycles. The fourth-order valence-corrected chi connectivity index (χ4v) is 3.39. The average molecular weight is 376 g/mol. The summed E-state index contributed by atoms with van der Waals surface area (Å²) in [5.41, 5.74) is 4.00. The van der Waals surface area contributed by atoms with Gasteiger partial charge in [0.1, 0.15) is 0 Å². The summed E-state index contributed by atoms with van der Waals surface area (Å²) in [5, 5.41) is 7.42. The van der Waals surface area contributed by atoms with Gasteiger partial charge in [-0.25, -0.2) is 0 Å². The van der Waals surface area contributed by atoms with Crippen LogP contribution in [0.25, 0.3) is 11.4 Å². The summed E-state index contributed by atoms with van der Waals surface area (Å²) in [5.74, 6) is 1.74. The lowest BCUT2D eigenvalue weighted by Crippen LogP contribution is -2.24. The minimum atomic E-state index is 0.166. The van der Waals surface area contributed by atoms with Crippen LogP contribution in [0.4, 0.5) is 11.4 Å². The van der Waals surface area contributed by atoms with Gasteiger partial charge in [0.2, 0.25) is 17.6 Å². The minimum Gasteiger partial charge on any atom is -0.374 e. The monoisotopic (exact) mass is 376 g/mol. The van der Waals surface area contributed by atoms with Crippen LogP contribution in [-0.2, 0) is 11.3 Å². The van der Waals surface area contributed by atoms with E-state index in [9.17, 15) is 4.79 Å². The molecule has 1 N–H and O–H groups in total. The van der Waals surface area contributed by atoms with Gasteiger partial charge in [0, 0.05) is 18.5 Å². The van der Waals surface area contributed by atoms with E-state index >= 15 is 0 Å². The second kappa shape index (κ2) is 7.84. The number of nitrogens with zero attached hydrogens (tertiary/aromatic N) is 3. The smallest absolute Gasteiger partial charge is 0.246 e. The minimum absolute atomic E-state index is 0.166. The highest BCUT2D eigenvalue weighted by molar-refractivity contribution is 5.98. The summed E-state index contributed by atoms with van der Waals surface area (Å²) >= 11 is 0. The average Bonchev–Trinajstić information content (AvgIpc) is 3.36. The van der Waals surface area contributed by atoms with E-state index in [0.29, 0.717) is 30.6 Å². The normalized spacial score (nSPS) is 14.1. The lowest BCUT2D eigenvalue weighted by Gasteiger charge is -2.19. The fraction of sp³-hybridized carbons (Fsp3) is 0.318. The first kappa shape index (κ1) is 18.2. The van der Waals surface area contributed by atoms with Crippen molar-refractivity contribution < 1.29 is 9.32 Å². The summed E-state index contributed by atoms with van der Waals surface area (Å²) in [6.07, 6.45) is 1.51. The van der Waals surface area contributed by atoms with Crippen LogP contribution in [0.15, 0.2) is 53.1 Å². The Morgan fingerprint density at radius 1 is 1.14 bits per heavy atom. The number of carbonyl (C=O) groups is 1. The fourth-order valence-electron chi connectivity index (χ4n) is 3.39. The highest BCUT2D eigenvalue weighted by atomic mass is 16.5. The molecule has 1 aliphatic heterocycles. The summed E-state index contributed by atoms with van der Waals surface area (Å²) in [6, 6.07) is 16.0. The van der Waals surface area contributed by atoms with Crippen molar-refractivity contribution in [1.82, 2.24) is 10.1 Å². The molecule has 0 radical (unpaired) electrons. The molecule has 2 heterocycles. The molecule has 4 rings (SSSR count). The molecule has 1 saturated heterocycles. The molecule has 28 heavy (non-hydrogen) atoms. The molecule has 3 aromatic rings. The van der Waals surface area contributed by atoms with E-state index in [4.69, 9.17) is 4.52 Å². The molecule has 0 saturated carbocycles. The molecule has 6 nitrogen and oxygen atoms in total. The van der Waals surface area contributed by atoms with Crippen molar-refractivity contribution in [3.8, 4) is 11.4 Å². The molecule has 144 valence electrons. The third-order valence-corrected chi connectivity index (χ3v) is 5.00. The van der Waals surface area contributed by atoms with Crippen molar-refractivity contribution in [3.63, 3.8) is 0 Å². The maximum absolute atomic E-state index is 12.1. The van der Waals surface area contributed by atoms with Crippen LogP contribution >= 0.6 is 0 Å². The highest BCUT2D eigenvalue weighted by Gasteiger charge is 2.23. The summed E-state index contributed by atoms with van der Waals surface area (Å²) in [7, 11) is 0. The van der Waals surface area contributed by atoms with Gasteiger partial charge in [-0.2, -0.15) is 4.98 Å². The van der Waals surface area contributed by atoms with Crippen LogP contribution in [0, 0.1) is 0 Å². The van der Waals surface area contributed by atoms with Crippen LogP contribution in [0.5, 0.6) is 0 Å². The van der Waals surface area contributed by atoms with Crippen LogP contribution < -0.4 is 10.2 Å². The lowest BCUT2D eigenvalue weighted by molar-refractivity contribution is -0.117. The molecular formula is C22H24N4O2. The number of para-hydroxylation sites is 2. The number of hydrogen-bond acceptors (Lipinski definition) is 5. The number of rotatable bonds is 6. The van der Waals surface area contributed by atoms with Gasteiger partial charge in [-0.15, -0.1) is 0 Å². The van der Waals surface area contributed by atoms with E-state index in [1.165, 1.54) is 5.56 Å². The molecular weight excluding hydrogens is 352 g/mol. The summed E-state index contributed by atoms with van der Waals surface area (Å²) in [4.78, 5) is 18.4. The Balaban J connectivity index is 1.46. The third kappa shape index (κ3) is 3.76. The van der Waals surface area contributed by atoms with Crippen LogP contribution in [0.3, 0.4) is 0 Å². The van der Waals surface area contributed by atoms with Crippen molar-refractivity contribution in [3.05, 3.63) is 60.0 Å². The van der Waals surface area contributed by atoms with Crippen molar-refractivity contribution >= 4 is 17.3 Å². The first-order chi connectivity index (χ1) is 13.6. The van der Waals surface area contributed by atoms with E-state index < -0.39 is 0 Å². The zero-order chi connectivity index (χ0) is 19.5. The Kier molecular flexibility index (Phi) is 5.10. The molecule has 0 atom stereocenters. The number of benzene rings is 2. The first-order valence-electron chi connectivity index (χ1n) is 9.68.